The molecule has 0 saturated heterocycles. The summed E-state index contributed by atoms with van der Waals surface area (Å²) < 4.78 is 13.6. The Morgan fingerprint density at radius 3 is 2.71 bits per heavy atom. The molecule has 0 bridgehead atoms. The summed E-state index contributed by atoms with van der Waals surface area (Å²) in [6.45, 7) is 0.0799. The van der Waals surface area contributed by atoms with Gasteiger partial charge in [0.05, 0.1) is 23.5 Å². The van der Waals surface area contributed by atoms with Crippen LogP contribution in [0.3, 0.4) is 0 Å². The van der Waals surface area contributed by atoms with E-state index in [0.717, 1.165) is 6.07 Å². The molecule has 1 heterocycles. The predicted octanol–water partition coefficient (Wildman–Crippen LogP) is 1.64. The third kappa shape index (κ3) is 3.72. The third-order valence-electron chi connectivity index (χ3n) is 2.54. The monoisotopic (exact) mass is 290 g/mol. The van der Waals surface area contributed by atoms with Crippen molar-refractivity contribution in [2.75, 3.05) is 5.32 Å². The number of carbonyl (C=O) groups is 2. The summed E-state index contributed by atoms with van der Waals surface area (Å²) in [6, 6.07) is 6.07. The minimum absolute atomic E-state index is 0.0799. The van der Waals surface area contributed by atoms with E-state index < -0.39 is 17.8 Å². The third-order valence-corrected chi connectivity index (χ3v) is 2.54. The van der Waals surface area contributed by atoms with Crippen molar-refractivity contribution in [3.63, 3.8) is 0 Å². The number of amides is 2. The molecule has 21 heavy (non-hydrogen) atoms. The average molecular weight is 290 g/mol. The van der Waals surface area contributed by atoms with Gasteiger partial charge in [0.15, 0.2) is 0 Å². The van der Waals surface area contributed by atoms with Gasteiger partial charge in [0, 0.05) is 6.20 Å². The van der Waals surface area contributed by atoms with Gasteiger partial charge >= 0.3 is 12.0 Å². The van der Waals surface area contributed by atoms with Crippen LogP contribution in [0.1, 0.15) is 16.1 Å². The summed E-state index contributed by atoms with van der Waals surface area (Å²) in [4.78, 5) is 22.7. The molecule has 0 aliphatic carbocycles. The van der Waals surface area contributed by atoms with Crippen molar-refractivity contribution in [3.8, 4) is 0 Å². The Balaban J connectivity index is 2.05. The summed E-state index contributed by atoms with van der Waals surface area (Å²) in [5.41, 5.74) is -0.203. The Kier molecular flexibility index (Phi) is 4.39. The molecule has 2 amide bonds. The number of benzene rings is 1. The van der Waals surface area contributed by atoms with Crippen LogP contribution in [-0.2, 0) is 6.54 Å². The van der Waals surface area contributed by atoms with Crippen LogP contribution in [0.2, 0.25) is 0 Å². The number of nitrogens with zero attached hydrogens (tertiary/aromatic N) is 2. The van der Waals surface area contributed by atoms with Crippen molar-refractivity contribution >= 4 is 17.7 Å². The predicted molar refractivity (Wildman–Crippen MR) is 71.2 cm³/mol. The number of urea groups is 1. The van der Waals surface area contributed by atoms with Crippen LogP contribution >= 0.6 is 0 Å². The summed E-state index contributed by atoms with van der Waals surface area (Å²) in [5, 5.41) is 21.0. The van der Waals surface area contributed by atoms with Gasteiger partial charge in [-0.2, -0.15) is 10.2 Å². The second kappa shape index (κ2) is 6.42. The molecule has 1 aromatic carbocycles. The highest BCUT2D eigenvalue weighted by Gasteiger charge is 2.16. The lowest BCUT2D eigenvalue weighted by Gasteiger charge is -2.10. The first kappa shape index (κ1) is 14.4. The number of carbonyl (C=O) groups excluding carboxylic acids is 1. The standard InChI is InChI=1S/C13H11FN4O3/c14-10-5-1-4-9(12(19)20)11(10)17-13(21)15-7-8-3-2-6-16-18-8/h1-6H,7H2,(H,19,20)(H2,15,17,21). The Hall–Kier alpha value is -3.03. The van der Waals surface area contributed by atoms with Gasteiger partial charge in [0.25, 0.3) is 0 Å². The first-order valence-electron chi connectivity index (χ1n) is 5.91. The molecule has 0 unspecified atom stereocenters. The molecule has 8 heteroatoms. The molecule has 0 fully saturated rings. The number of para-hydroxylation sites is 1. The van der Waals surface area contributed by atoms with E-state index in [1.165, 1.54) is 18.3 Å². The number of rotatable bonds is 4. The number of halogens is 1. The van der Waals surface area contributed by atoms with Crippen molar-refractivity contribution in [2.24, 2.45) is 0 Å². The van der Waals surface area contributed by atoms with E-state index in [4.69, 9.17) is 5.11 Å². The zero-order valence-corrected chi connectivity index (χ0v) is 10.7. The number of carboxylic acids is 1. The first-order valence-corrected chi connectivity index (χ1v) is 5.91. The molecule has 3 N–H and O–H groups in total. The number of aromatic carboxylic acids is 1. The van der Waals surface area contributed by atoms with E-state index in [1.807, 2.05) is 0 Å². The zero-order valence-electron chi connectivity index (χ0n) is 10.7. The molecule has 0 aliphatic rings. The van der Waals surface area contributed by atoms with Gasteiger partial charge in [-0.05, 0) is 24.3 Å². The molecule has 2 rings (SSSR count). The molecule has 7 nitrogen and oxygen atoms in total. The summed E-state index contributed by atoms with van der Waals surface area (Å²) in [7, 11) is 0. The molecule has 0 radical (unpaired) electrons. The van der Waals surface area contributed by atoms with Gasteiger partial charge in [0.1, 0.15) is 5.82 Å². The number of aromatic nitrogens is 2. The van der Waals surface area contributed by atoms with Crippen LogP contribution < -0.4 is 10.6 Å². The molecular formula is C13H11FN4O3. The Morgan fingerprint density at radius 1 is 1.24 bits per heavy atom. The van der Waals surface area contributed by atoms with Gasteiger partial charge in [0.2, 0.25) is 0 Å². The lowest BCUT2D eigenvalue weighted by atomic mass is 10.1. The number of hydrogen-bond donors (Lipinski definition) is 3. The molecule has 0 spiro atoms. The highest BCUT2D eigenvalue weighted by atomic mass is 19.1. The number of anilines is 1. The van der Waals surface area contributed by atoms with Gasteiger partial charge < -0.3 is 15.7 Å². The number of hydrogen-bond acceptors (Lipinski definition) is 4. The van der Waals surface area contributed by atoms with Crippen LogP contribution in [0.4, 0.5) is 14.9 Å². The van der Waals surface area contributed by atoms with Crippen molar-refractivity contribution in [1.29, 1.82) is 0 Å². The quantitative estimate of drug-likeness (QED) is 0.794. The van der Waals surface area contributed by atoms with Gasteiger partial charge in [-0.15, -0.1) is 0 Å². The number of carboxylic acid groups (broad SMARTS) is 1. The van der Waals surface area contributed by atoms with Crippen LogP contribution in [0.25, 0.3) is 0 Å². The van der Waals surface area contributed by atoms with E-state index in [9.17, 15) is 14.0 Å². The Labute approximate surface area is 118 Å². The van der Waals surface area contributed by atoms with Crippen molar-refractivity contribution < 1.29 is 19.1 Å². The average Bonchev–Trinajstić information content (AvgIpc) is 2.48. The largest absolute Gasteiger partial charge is 0.478 e. The zero-order chi connectivity index (χ0) is 15.2. The number of nitrogens with one attached hydrogen (secondary N) is 2. The summed E-state index contributed by atoms with van der Waals surface area (Å²) in [6.07, 6.45) is 1.49. The van der Waals surface area contributed by atoms with Crippen molar-refractivity contribution in [1.82, 2.24) is 15.5 Å². The smallest absolute Gasteiger partial charge is 0.337 e. The van der Waals surface area contributed by atoms with E-state index in [1.54, 1.807) is 12.1 Å². The van der Waals surface area contributed by atoms with Crippen LogP contribution in [0.5, 0.6) is 0 Å². The van der Waals surface area contributed by atoms with Gasteiger partial charge in [-0.1, -0.05) is 6.07 Å². The lowest BCUT2D eigenvalue weighted by molar-refractivity contribution is 0.0697. The fraction of sp³-hybridized carbons (Fsp3) is 0.0769. The lowest BCUT2D eigenvalue weighted by Crippen LogP contribution is -2.29. The van der Waals surface area contributed by atoms with Crippen LogP contribution in [0.15, 0.2) is 36.5 Å². The van der Waals surface area contributed by atoms with E-state index in [0.29, 0.717) is 5.69 Å². The van der Waals surface area contributed by atoms with Crippen molar-refractivity contribution in [2.45, 2.75) is 6.54 Å². The first-order chi connectivity index (χ1) is 10.1. The summed E-state index contributed by atoms with van der Waals surface area (Å²) >= 11 is 0. The second-order valence-electron chi connectivity index (χ2n) is 3.99. The fourth-order valence-corrected chi connectivity index (χ4v) is 1.59. The minimum atomic E-state index is -1.33. The normalized spacial score (nSPS) is 9.95. The maximum absolute atomic E-state index is 13.6. The molecule has 0 saturated carbocycles. The van der Waals surface area contributed by atoms with E-state index >= 15 is 0 Å². The topological polar surface area (TPSA) is 104 Å². The summed E-state index contributed by atoms with van der Waals surface area (Å²) in [5.74, 6) is -2.16. The molecule has 108 valence electrons. The van der Waals surface area contributed by atoms with E-state index in [2.05, 4.69) is 20.8 Å². The van der Waals surface area contributed by atoms with Gasteiger partial charge in [-0.3, -0.25) is 0 Å². The maximum Gasteiger partial charge on any atom is 0.337 e. The molecule has 2 aromatic rings. The SMILES string of the molecule is O=C(NCc1cccnn1)Nc1c(F)cccc1C(=O)O. The molecule has 0 aliphatic heterocycles. The minimum Gasteiger partial charge on any atom is -0.478 e. The Bertz CT molecular complexity index is 664. The van der Waals surface area contributed by atoms with Gasteiger partial charge in [-0.25, -0.2) is 14.0 Å². The highest BCUT2D eigenvalue weighted by molar-refractivity contribution is 6.00. The van der Waals surface area contributed by atoms with Crippen molar-refractivity contribution in [3.05, 3.63) is 53.6 Å². The highest BCUT2D eigenvalue weighted by Crippen LogP contribution is 2.19. The molecular weight excluding hydrogens is 279 g/mol. The molecule has 0 atom stereocenters. The fourth-order valence-electron chi connectivity index (χ4n) is 1.59. The van der Waals surface area contributed by atoms with Crippen LogP contribution in [-0.4, -0.2) is 27.3 Å². The Morgan fingerprint density at radius 2 is 2.05 bits per heavy atom. The maximum atomic E-state index is 13.6. The second-order valence-corrected chi connectivity index (χ2v) is 3.99. The van der Waals surface area contributed by atoms with E-state index in [-0.39, 0.29) is 17.8 Å². The molecule has 1 aromatic heterocycles. The van der Waals surface area contributed by atoms with Crippen LogP contribution in [0, 0.1) is 5.82 Å².